The second-order valence-corrected chi connectivity index (χ2v) is 8.56. The van der Waals surface area contributed by atoms with Crippen LogP contribution in [0.5, 0.6) is 5.75 Å². The first-order chi connectivity index (χ1) is 15.6. The largest absolute Gasteiger partial charge is 0.483 e. The molecule has 1 fully saturated rings. The van der Waals surface area contributed by atoms with E-state index in [9.17, 15) is 8.78 Å². The van der Waals surface area contributed by atoms with Crippen LogP contribution < -0.4 is 4.74 Å². The fourth-order valence-corrected chi connectivity index (χ4v) is 4.13. The van der Waals surface area contributed by atoms with Crippen LogP contribution in [0.3, 0.4) is 0 Å². The molecule has 1 heterocycles. The van der Waals surface area contributed by atoms with Crippen molar-refractivity contribution in [3.05, 3.63) is 101 Å². The molecule has 3 aromatic carbocycles. The fraction of sp³-hybridized carbons (Fsp3) is 0.308. The lowest BCUT2D eigenvalue weighted by atomic mass is 10.1. The van der Waals surface area contributed by atoms with E-state index in [-0.39, 0.29) is 11.9 Å². The Morgan fingerprint density at radius 3 is 2.22 bits per heavy atom. The van der Waals surface area contributed by atoms with Gasteiger partial charge in [-0.1, -0.05) is 54.1 Å². The Labute approximate surface area is 193 Å². The summed E-state index contributed by atoms with van der Waals surface area (Å²) in [4.78, 5) is 4.88. The standard InChI is InChI=1S/C26H27ClF2N2O/c27-22-8-6-21(7-9-22)25(32-26-11-10-23(28)18-24(26)29)12-13-30-14-16-31(17-15-30)19-20-4-2-1-3-5-20/h1-11,18,25H,12-17,19H2. The van der Waals surface area contributed by atoms with Gasteiger partial charge in [0.15, 0.2) is 11.6 Å². The van der Waals surface area contributed by atoms with Crippen molar-refractivity contribution in [2.75, 3.05) is 32.7 Å². The van der Waals surface area contributed by atoms with Crippen molar-refractivity contribution in [2.24, 2.45) is 0 Å². The lowest BCUT2D eigenvalue weighted by Crippen LogP contribution is -2.46. The Morgan fingerprint density at radius 1 is 0.844 bits per heavy atom. The number of benzene rings is 3. The Bertz CT molecular complexity index is 992. The number of hydrogen-bond donors (Lipinski definition) is 0. The first-order valence-corrected chi connectivity index (χ1v) is 11.3. The van der Waals surface area contributed by atoms with E-state index in [0.717, 1.165) is 50.9 Å². The van der Waals surface area contributed by atoms with Gasteiger partial charge in [-0.3, -0.25) is 4.90 Å². The minimum absolute atomic E-state index is 0.0547. The molecule has 0 aromatic heterocycles. The van der Waals surface area contributed by atoms with Gasteiger partial charge in [-0.2, -0.15) is 0 Å². The Morgan fingerprint density at radius 2 is 1.53 bits per heavy atom. The minimum Gasteiger partial charge on any atom is -0.483 e. The molecule has 0 amide bonds. The molecule has 0 bridgehead atoms. The molecule has 1 unspecified atom stereocenters. The van der Waals surface area contributed by atoms with Crippen LogP contribution in [0.15, 0.2) is 72.8 Å². The molecule has 0 radical (unpaired) electrons. The van der Waals surface area contributed by atoms with Gasteiger partial charge in [-0.25, -0.2) is 8.78 Å². The zero-order valence-corrected chi connectivity index (χ0v) is 18.6. The number of rotatable bonds is 8. The van der Waals surface area contributed by atoms with Crippen LogP contribution in [-0.4, -0.2) is 42.5 Å². The molecule has 6 heteroatoms. The van der Waals surface area contributed by atoms with Crippen LogP contribution in [0.25, 0.3) is 0 Å². The van der Waals surface area contributed by atoms with Crippen LogP contribution in [0, 0.1) is 11.6 Å². The molecule has 0 aliphatic carbocycles. The third-order valence-electron chi connectivity index (χ3n) is 5.83. The third-order valence-corrected chi connectivity index (χ3v) is 6.08. The number of hydrogen-bond acceptors (Lipinski definition) is 3. The highest BCUT2D eigenvalue weighted by molar-refractivity contribution is 6.30. The van der Waals surface area contributed by atoms with Gasteiger partial charge in [-0.05, 0) is 35.4 Å². The van der Waals surface area contributed by atoms with Gasteiger partial charge in [0.05, 0.1) is 0 Å². The summed E-state index contributed by atoms with van der Waals surface area (Å²) >= 11 is 6.03. The Balaban J connectivity index is 1.35. The first-order valence-electron chi connectivity index (χ1n) is 10.9. The second kappa shape index (κ2) is 10.9. The number of piperazine rings is 1. The van der Waals surface area contributed by atoms with Gasteiger partial charge in [0, 0.05) is 56.8 Å². The van der Waals surface area contributed by atoms with Crippen molar-refractivity contribution in [2.45, 2.75) is 19.1 Å². The SMILES string of the molecule is Fc1ccc(OC(CCN2CCN(Cc3ccccc3)CC2)c2ccc(Cl)cc2)c(F)c1. The van der Waals surface area contributed by atoms with Crippen LogP contribution in [0.1, 0.15) is 23.7 Å². The van der Waals surface area contributed by atoms with Crippen LogP contribution in [-0.2, 0) is 6.54 Å². The molecule has 0 spiro atoms. The molecule has 0 saturated carbocycles. The van der Waals surface area contributed by atoms with Crippen LogP contribution in [0.2, 0.25) is 5.02 Å². The predicted molar refractivity (Wildman–Crippen MR) is 124 cm³/mol. The van der Waals surface area contributed by atoms with Gasteiger partial charge < -0.3 is 9.64 Å². The summed E-state index contributed by atoms with van der Waals surface area (Å²) in [5, 5.41) is 0.634. The highest BCUT2D eigenvalue weighted by Crippen LogP contribution is 2.28. The molecule has 168 valence electrons. The summed E-state index contributed by atoms with van der Waals surface area (Å²) in [5.41, 5.74) is 2.25. The van der Waals surface area contributed by atoms with E-state index in [1.807, 2.05) is 18.2 Å². The smallest absolute Gasteiger partial charge is 0.168 e. The van der Waals surface area contributed by atoms with Crippen molar-refractivity contribution in [3.8, 4) is 5.75 Å². The molecule has 1 aliphatic rings. The molecule has 3 nitrogen and oxygen atoms in total. The Kier molecular flexibility index (Phi) is 7.74. The van der Waals surface area contributed by atoms with Crippen molar-refractivity contribution < 1.29 is 13.5 Å². The van der Waals surface area contributed by atoms with Crippen LogP contribution >= 0.6 is 11.6 Å². The molecule has 1 atom stereocenters. The molecule has 4 rings (SSSR count). The molecule has 1 aliphatic heterocycles. The van der Waals surface area contributed by atoms with Gasteiger partial charge in [0.2, 0.25) is 0 Å². The number of halogens is 3. The summed E-state index contributed by atoms with van der Waals surface area (Å²) in [6, 6.07) is 21.3. The molecule has 3 aromatic rings. The number of nitrogens with zero attached hydrogens (tertiary/aromatic N) is 2. The average Bonchev–Trinajstić information content (AvgIpc) is 2.80. The van der Waals surface area contributed by atoms with E-state index >= 15 is 0 Å². The van der Waals surface area contributed by atoms with E-state index in [0.29, 0.717) is 11.4 Å². The normalized spacial score (nSPS) is 16.1. The minimum atomic E-state index is -0.696. The van der Waals surface area contributed by atoms with E-state index in [2.05, 4.69) is 34.1 Å². The van der Waals surface area contributed by atoms with Gasteiger partial charge >= 0.3 is 0 Å². The monoisotopic (exact) mass is 456 g/mol. The zero-order chi connectivity index (χ0) is 22.3. The summed E-state index contributed by atoms with van der Waals surface area (Å²) in [6.07, 6.45) is 0.339. The maximum atomic E-state index is 14.2. The predicted octanol–water partition coefficient (Wildman–Crippen LogP) is 5.95. The molecular formula is C26H27ClF2N2O. The Hall–Kier alpha value is -2.47. The summed E-state index contributed by atoms with van der Waals surface area (Å²) < 4.78 is 33.5. The van der Waals surface area contributed by atoms with E-state index < -0.39 is 11.6 Å². The molecule has 1 saturated heterocycles. The van der Waals surface area contributed by atoms with Crippen molar-refractivity contribution >= 4 is 11.6 Å². The van der Waals surface area contributed by atoms with Gasteiger partial charge in [-0.15, -0.1) is 0 Å². The highest BCUT2D eigenvalue weighted by Gasteiger charge is 2.21. The summed E-state index contributed by atoms with van der Waals surface area (Å²) in [6.45, 7) is 5.77. The maximum Gasteiger partial charge on any atom is 0.168 e. The van der Waals surface area contributed by atoms with E-state index in [1.165, 1.54) is 17.7 Å². The first kappa shape index (κ1) is 22.7. The lowest BCUT2D eigenvalue weighted by Gasteiger charge is -2.35. The second-order valence-electron chi connectivity index (χ2n) is 8.12. The van der Waals surface area contributed by atoms with E-state index in [1.54, 1.807) is 12.1 Å². The van der Waals surface area contributed by atoms with Crippen molar-refractivity contribution in [1.82, 2.24) is 9.80 Å². The number of ether oxygens (including phenoxy) is 1. The summed E-state index contributed by atoms with van der Waals surface area (Å²) in [5.74, 6) is -1.26. The average molecular weight is 457 g/mol. The fourth-order valence-electron chi connectivity index (χ4n) is 4.01. The van der Waals surface area contributed by atoms with Crippen molar-refractivity contribution in [3.63, 3.8) is 0 Å². The van der Waals surface area contributed by atoms with Crippen LogP contribution in [0.4, 0.5) is 8.78 Å². The summed E-state index contributed by atoms with van der Waals surface area (Å²) in [7, 11) is 0. The topological polar surface area (TPSA) is 15.7 Å². The quantitative estimate of drug-likeness (QED) is 0.417. The van der Waals surface area contributed by atoms with Gasteiger partial charge in [0.1, 0.15) is 11.9 Å². The zero-order valence-electron chi connectivity index (χ0n) is 17.9. The third kappa shape index (κ3) is 6.28. The van der Waals surface area contributed by atoms with E-state index in [4.69, 9.17) is 16.3 Å². The molecule has 32 heavy (non-hydrogen) atoms. The van der Waals surface area contributed by atoms with Gasteiger partial charge in [0.25, 0.3) is 0 Å². The molecular weight excluding hydrogens is 430 g/mol. The highest BCUT2D eigenvalue weighted by atomic mass is 35.5. The lowest BCUT2D eigenvalue weighted by molar-refractivity contribution is 0.105. The van der Waals surface area contributed by atoms with Crippen molar-refractivity contribution in [1.29, 1.82) is 0 Å². The maximum absolute atomic E-state index is 14.2. The molecule has 0 N–H and O–H groups in total.